The Morgan fingerprint density at radius 3 is 2.59 bits per heavy atom. The maximum absolute atomic E-state index is 12.5. The molecule has 2 amide bonds. The number of hydrazone groups is 1. The highest BCUT2D eigenvalue weighted by Gasteiger charge is 2.32. The minimum absolute atomic E-state index is 0.146. The number of nitrogens with zero attached hydrogens (tertiary/aromatic N) is 1. The second kappa shape index (κ2) is 15.0. The van der Waals surface area contributed by atoms with Crippen LogP contribution in [0.4, 0.5) is 4.79 Å². The first-order valence-electron chi connectivity index (χ1n) is 14.8. The summed E-state index contributed by atoms with van der Waals surface area (Å²) in [5.74, 6) is 0.825. The molecule has 0 fully saturated rings. The van der Waals surface area contributed by atoms with Crippen LogP contribution in [-0.2, 0) is 16.1 Å². The second-order valence-electron chi connectivity index (χ2n) is 10.4. The molecular weight excluding hydrogens is 588 g/mol. The molecule has 0 aliphatic carbocycles. The van der Waals surface area contributed by atoms with Crippen LogP contribution in [0.1, 0.15) is 36.6 Å². The fourth-order valence-corrected chi connectivity index (χ4v) is 5.11. The number of hydrogen-bond donors (Lipinski definition) is 4. The molecule has 238 valence electrons. The Labute approximate surface area is 266 Å². The number of fused-ring (bicyclic) bond motifs is 1. The third-order valence-corrected chi connectivity index (χ3v) is 7.28. The van der Waals surface area contributed by atoms with Crippen molar-refractivity contribution >= 4 is 29.0 Å². The number of carbonyl (C=O) groups is 2. The number of urea groups is 1. The van der Waals surface area contributed by atoms with Gasteiger partial charge >= 0.3 is 12.0 Å². The molecule has 4 N–H and O–H groups in total. The number of allylic oxidation sites excluding steroid dienone is 1. The van der Waals surface area contributed by atoms with Crippen molar-refractivity contribution in [2.75, 3.05) is 20.3 Å². The van der Waals surface area contributed by atoms with Gasteiger partial charge in [0.2, 0.25) is 0 Å². The number of amides is 2. The van der Waals surface area contributed by atoms with Crippen LogP contribution >= 0.6 is 0 Å². The average molecular weight is 625 g/mol. The largest absolute Gasteiger partial charge is 0.490 e. The summed E-state index contributed by atoms with van der Waals surface area (Å²) in [5, 5.41) is 22.4. The maximum Gasteiger partial charge on any atom is 0.337 e. The van der Waals surface area contributed by atoms with Gasteiger partial charge in [-0.05, 0) is 60.0 Å². The lowest BCUT2D eigenvalue weighted by atomic mass is 9.95. The molecule has 4 aromatic carbocycles. The number of esters is 1. The Morgan fingerprint density at radius 2 is 1.76 bits per heavy atom. The molecular formula is C35H36N4O7. The van der Waals surface area contributed by atoms with Crippen molar-refractivity contribution < 1.29 is 33.6 Å². The van der Waals surface area contributed by atoms with Crippen molar-refractivity contribution in [3.63, 3.8) is 0 Å². The molecule has 0 saturated heterocycles. The van der Waals surface area contributed by atoms with E-state index in [1.54, 1.807) is 31.3 Å². The van der Waals surface area contributed by atoms with E-state index in [-0.39, 0.29) is 12.2 Å². The molecule has 1 aliphatic rings. The molecule has 0 radical (unpaired) electrons. The number of methoxy groups -OCH3 is 1. The summed E-state index contributed by atoms with van der Waals surface area (Å²) in [4.78, 5) is 24.7. The zero-order chi connectivity index (χ0) is 32.5. The predicted octanol–water partition coefficient (Wildman–Crippen LogP) is 4.94. The van der Waals surface area contributed by atoms with Crippen molar-refractivity contribution in [1.29, 1.82) is 0 Å². The molecule has 1 aliphatic heterocycles. The van der Waals surface area contributed by atoms with Crippen LogP contribution < -0.4 is 30.3 Å². The SMILES string of the molecule is CCOc1cc([C@@H]2NC(=O)NC(C)=C2C(=O)OC)ccc1OC[C@H](O)N/N=C/c1ccccc1OCc1cccc2ccccc12. The summed E-state index contributed by atoms with van der Waals surface area (Å²) in [5.41, 5.74) is 5.74. The summed E-state index contributed by atoms with van der Waals surface area (Å²) in [6.45, 7) is 4.03. The van der Waals surface area contributed by atoms with Crippen LogP contribution in [0.3, 0.4) is 0 Å². The molecule has 1 heterocycles. The molecule has 46 heavy (non-hydrogen) atoms. The molecule has 0 unspecified atom stereocenters. The minimum Gasteiger partial charge on any atom is -0.490 e. The van der Waals surface area contributed by atoms with E-state index in [4.69, 9.17) is 18.9 Å². The number of carbonyl (C=O) groups excluding carboxylic acids is 2. The summed E-state index contributed by atoms with van der Waals surface area (Å²) in [6.07, 6.45) is 0.429. The highest BCUT2D eigenvalue weighted by molar-refractivity contribution is 5.95. The third kappa shape index (κ3) is 7.56. The van der Waals surface area contributed by atoms with Crippen molar-refractivity contribution in [2.24, 2.45) is 5.10 Å². The van der Waals surface area contributed by atoms with Gasteiger partial charge in [0.05, 0.1) is 31.5 Å². The van der Waals surface area contributed by atoms with Crippen LogP contribution in [0, 0.1) is 0 Å². The third-order valence-electron chi connectivity index (χ3n) is 7.28. The molecule has 0 bridgehead atoms. The maximum atomic E-state index is 12.5. The standard InChI is InChI=1S/C35H36N4O7/c1-4-44-30-18-24(33-32(34(41)43-3)22(2)37-35(42)38-33)16-17-29(30)46-21-31(40)39-36-19-25-11-6-8-15-28(25)45-20-26-13-9-12-23-10-5-7-14-27(23)26/h5-19,31,33,39-40H,4,20-21H2,1-3H3,(H2,37,38,42)/b36-19+/t31-,33-/m0/s1. The van der Waals surface area contributed by atoms with Gasteiger partial charge in [-0.25, -0.2) is 9.59 Å². The molecule has 11 heteroatoms. The topological polar surface area (TPSA) is 140 Å². The van der Waals surface area contributed by atoms with Crippen LogP contribution in [0.2, 0.25) is 0 Å². The number of hydrogen-bond acceptors (Lipinski definition) is 9. The molecule has 5 rings (SSSR count). The van der Waals surface area contributed by atoms with Crippen molar-refractivity contribution in [2.45, 2.75) is 32.7 Å². The van der Waals surface area contributed by atoms with E-state index in [0.717, 1.165) is 21.9 Å². The van der Waals surface area contributed by atoms with Gasteiger partial charge in [0.15, 0.2) is 17.7 Å². The first-order valence-corrected chi connectivity index (χ1v) is 14.8. The predicted molar refractivity (Wildman–Crippen MR) is 174 cm³/mol. The molecule has 11 nitrogen and oxygen atoms in total. The molecule has 0 saturated carbocycles. The average Bonchev–Trinajstić information content (AvgIpc) is 3.06. The van der Waals surface area contributed by atoms with Gasteiger partial charge in [-0.3, -0.25) is 5.43 Å². The quantitative estimate of drug-likeness (QED) is 0.0710. The van der Waals surface area contributed by atoms with E-state index in [0.29, 0.717) is 41.7 Å². The van der Waals surface area contributed by atoms with Gasteiger partial charge in [-0.1, -0.05) is 60.7 Å². The Kier molecular flexibility index (Phi) is 10.4. The number of nitrogens with one attached hydrogen (secondary N) is 3. The van der Waals surface area contributed by atoms with Gasteiger partial charge in [0, 0.05) is 11.3 Å². The molecule has 4 aromatic rings. The number of para-hydroxylation sites is 1. The Hall–Kier alpha value is -5.55. The summed E-state index contributed by atoms with van der Waals surface area (Å²) >= 11 is 0. The number of aliphatic hydroxyl groups is 1. The van der Waals surface area contributed by atoms with E-state index < -0.39 is 24.3 Å². The van der Waals surface area contributed by atoms with Gasteiger partial charge in [-0.2, -0.15) is 5.10 Å². The van der Waals surface area contributed by atoms with E-state index in [2.05, 4.69) is 39.4 Å². The van der Waals surface area contributed by atoms with Crippen molar-refractivity contribution in [1.82, 2.24) is 16.1 Å². The molecule has 0 aromatic heterocycles. The number of aliphatic hydroxyl groups excluding tert-OH is 1. The molecule has 2 atom stereocenters. The lowest BCUT2D eigenvalue weighted by molar-refractivity contribution is -0.136. The van der Waals surface area contributed by atoms with E-state index in [1.165, 1.54) is 7.11 Å². The van der Waals surface area contributed by atoms with Gasteiger partial charge in [0.25, 0.3) is 0 Å². The first kappa shape index (κ1) is 31.9. The van der Waals surface area contributed by atoms with Crippen LogP contribution in [0.5, 0.6) is 17.2 Å². The first-order chi connectivity index (χ1) is 22.4. The van der Waals surface area contributed by atoms with Crippen LogP contribution in [0.15, 0.2) is 101 Å². The van der Waals surface area contributed by atoms with Gasteiger partial charge in [-0.15, -0.1) is 0 Å². The number of ether oxygens (including phenoxy) is 4. The van der Waals surface area contributed by atoms with Gasteiger partial charge in [0.1, 0.15) is 19.0 Å². The lowest BCUT2D eigenvalue weighted by Crippen LogP contribution is -2.45. The summed E-state index contributed by atoms with van der Waals surface area (Å²) < 4.78 is 22.7. The van der Waals surface area contributed by atoms with Crippen LogP contribution in [0.25, 0.3) is 10.8 Å². The monoisotopic (exact) mass is 624 g/mol. The Morgan fingerprint density at radius 1 is 0.978 bits per heavy atom. The van der Waals surface area contributed by atoms with Crippen molar-refractivity contribution in [3.8, 4) is 17.2 Å². The van der Waals surface area contributed by atoms with Crippen LogP contribution in [-0.4, -0.2) is 49.9 Å². The summed E-state index contributed by atoms with van der Waals surface area (Å²) in [7, 11) is 1.28. The van der Waals surface area contributed by atoms with E-state index >= 15 is 0 Å². The fourth-order valence-electron chi connectivity index (χ4n) is 5.11. The van der Waals surface area contributed by atoms with E-state index in [1.807, 2.05) is 55.5 Å². The lowest BCUT2D eigenvalue weighted by Gasteiger charge is -2.28. The summed E-state index contributed by atoms with van der Waals surface area (Å²) in [6, 6.07) is 25.6. The zero-order valence-corrected chi connectivity index (χ0v) is 25.8. The smallest absolute Gasteiger partial charge is 0.337 e. The molecule has 0 spiro atoms. The van der Waals surface area contributed by atoms with E-state index in [9.17, 15) is 14.7 Å². The normalized spacial score (nSPS) is 15.2. The van der Waals surface area contributed by atoms with Crippen molar-refractivity contribution in [3.05, 3.63) is 113 Å². The Bertz CT molecular complexity index is 1770. The van der Waals surface area contributed by atoms with Gasteiger partial charge < -0.3 is 34.7 Å². The number of benzene rings is 4. The highest BCUT2D eigenvalue weighted by atomic mass is 16.5. The second-order valence-corrected chi connectivity index (χ2v) is 10.4. The number of rotatable bonds is 13. The minimum atomic E-state index is -1.14. The fraction of sp³-hybridized carbons (Fsp3) is 0.229. The zero-order valence-electron chi connectivity index (χ0n) is 25.8. The highest BCUT2D eigenvalue weighted by Crippen LogP contribution is 2.35. The Balaban J connectivity index is 1.21.